The summed E-state index contributed by atoms with van der Waals surface area (Å²) in [4.78, 5) is 21.3. The Labute approximate surface area is 157 Å². The van der Waals surface area contributed by atoms with Gasteiger partial charge in [0, 0.05) is 16.4 Å². The van der Waals surface area contributed by atoms with E-state index >= 15 is 0 Å². The predicted octanol–water partition coefficient (Wildman–Crippen LogP) is 4.67. The minimum atomic E-state index is -0.249. The summed E-state index contributed by atoms with van der Waals surface area (Å²) in [5.74, 6) is 0.103. The largest absolute Gasteiger partial charge is 0.344 e. The number of amides is 1. The molecule has 0 fully saturated rings. The van der Waals surface area contributed by atoms with Crippen molar-refractivity contribution < 1.29 is 4.79 Å². The molecule has 0 bridgehead atoms. The fraction of sp³-hybridized carbons (Fsp3) is 0.150. The third-order valence-electron chi connectivity index (χ3n) is 3.81. The SMILES string of the molecule is Cc1cc(C(=O)NC(C)c2ccccc2)nc(Nc2cccc(Cl)c2)n1. The molecule has 3 rings (SSSR count). The van der Waals surface area contributed by atoms with Crippen LogP contribution in [-0.4, -0.2) is 15.9 Å². The zero-order chi connectivity index (χ0) is 18.5. The second-order valence-electron chi connectivity index (χ2n) is 5.96. The summed E-state index contributed by atoms with van der Waals surface area (Å²) in [6.07, 6.45) is 0. The van der Waals surface area contributed by atoms with Gasteiger partial charge in [0.2, 0.25) is 5.95 Å². The van der Waals surface area contributed by atoms with Crippen LogP contribution in [0.25, 0.3) is 0 Å². The zero-order valence-corrected chi connectivity index (χ0v) is 15.3. The molecule has 1 amide bonds. The summed E-state index contributed by atoms with van der Waals surface area (Å²) < 4.78 is 0. The van der Waals surface area contributed by atoms with Crippen molar-refractivity contribution in [2.45, 2.75) is 19.9 Å². The van der Waals surface area contributed by atoms with E-state index in [0.717, 1.165) is 11.3 Å². The topological polar surface area (TPSA) is 66.9 Å². The van der Waals surface area contributed by atoms with E-state index in [0.29, 0.717) is 22.4 Å². The Morgan fingerprint density at radius 1 is 1.04 bits per heavy atom. The summed E-state index contributed by atoms with van der Waals surface area (Å²) in [6.45, 7) is 3.76. The molecule has 1 heterocycles. The van der Waals surface area contributed by atoms with Gasteiger partial charge in [-0.15, -0.1) is 0 Å². The van der Waals surface area contributed by atoms with E-state index in [1.54, 1.807) is 18.2 Å². The lowest BCUT2D eigenvalue weighted by molar-refractivity contribution is 0.0934. The van der Waals surface area contributed by atoms with Crippen molar-refractivity contribution in [2.75, 3.05) is 5.32 Å². The molecule has 0 aliphatic carbocycles. The molecular weight excluding hydrogens is 348 g/mol. The van der Waals surface area contributed by atoms with E-state index in [1.165, 1.54) is 0 Å². The lowest BCUT2D eigenvalue weighted by Crippen LogP contribution is -2.27. The Morgan fingerprint density at radius 3 is 2.54 bits per heavy atom. The first kappa shape index (κ1) is 17.9. The first-order valence-electron chi connectivity index (χ1n) is 8.25. The number of aryl methyl sites for hydroxylation is 1. The van der Waals surface area contributed by atoms with Gasteiger partial charge in [-0.25, -0.2) is 9.97 Å². The van der Waals surface area contributed by atoms with E-state index in [9.17, 15) is 4.79 Å². The number of nitrogens with one attached hydrogen (secondary N) is 2. The van der Waals surface area contributed by atoms with Gasteiger partial charge in [0.25, 0.3) is 5.91 Å². The molecule has 3 aromatic rings. The van der Waals surface area contributed by atoms with Gasteiger partial charge in [0.05, 0.1) is 6.04 Å². The monoisotopic (exact) mass is 366 g/mol. The highest BCUT2D eigenvalue weighted by Crippen LogP contribution is 2.19. The van der Waals surface area contributed by atoms with Crippen molar-refractivity contribution in [3.8, 4) is 0 Å². The quantitative estimate of drug-likeness (QED) is 0.688. The van der Waals surface area contributed by atoms with E-state index < -0.39 is 0 Å². The minimum absolute atomic E-state index is 0.122. The molecule has 0 aliphatic heterocycles. The number of hydrogen-bond donors (Lipinski definition) is 2. The Kier molecular flexibility index (Phi) is 5.49. The highest BCUT2D eigenvalue weighted by molar-refractivity contribution is 6.30. The molecule has 132 valence electrons. The highest BCUT2D eigenvalue weighted by atomic mass is 35.5. The molecule has 0 aliphatic rings. The fourth-order valence-corrected chi connectivity index (χ4v) is 2.72. The van der Waals surface area contributed by atoms with Gasteiger partial charge in [-0.1, -0.05) is 48.0 Å². The molecule has 0 radical (unpaired) electrons. The van der Waals surface area contributed by atoms with Gasteiger partial charge < -0.3 is 10.6 Å². The second-order valence-corrected chi connectivity index (χ2v) is 6.40. The maximum Gasteiger partial charge on any atom is 0.270 e. The van der Waals surface area contributed by atoms with Gasteiger partial charge in [-0.05, 0) is 43.7 Å². The number of carbonyl (C=O) groups is 1. The maximum absolute atomic E-state index is 12.6. The molecule has 1 unspecified atom stereocenters. The van der Waals surface area contributed by atoms with Crippen molar-refractivity contribution in [3.63, 3.8) is 0 Å². The maximum atomic E-state index is 12.6. The van der Waals surface area contributed by atoms with Crippen LogP contribution in [0.1, 0.15) is 34.7 Å². The summed E-state index contributed by atoms with van der Waals surface area (Å²) >= 11 is 5.99. The zero-order valence-electron chi connectivity index (χ0n) is 14.5. The normalized spacial score (nSPS) is 11.7. The van der Waals surface area contributed by atoms with Crippen LogP contribution in [0.2, 0.25) is 5.02 Å². The van der Waals surface area contributed by atoms with E-state index in [2.05, 4.69) is 20.6 Å². The van der Waals surface area contributed by atoms with Gasteiger partial charge in [-0.3, -0.25) is 4.79 Å². The van der Waals surface area contributed by atoms with E-state index in [4.69, 9.17) is 11.6 Å². The van der Waals surface area contributed by atoms with E-state index in [-0.39, 0.29) is 11.9 Å². The van der Waals surface area contributed by atoms with Crippen molar-refractivity contribution >= 4 is 29.1 Å². The van der Waals surface area contributed by atoms with Crippen molar-refractivity contribution in [1.29, 1.82) is 0 Å². The Bertz CT molecular complexity index is 915. The number of halogens is 1. The molecular formula is C20H19ClN4O. The van der Waals surface area contributed by atoms with Crippen molar-refractivity contribution in [3.05, 3.63) is 82.6 Å². The van der Waals surface area contributed by atoms with Crippen LogP contribution in [0.3, 0.4) is 0 Å². The lowest BCUT2D eigenvalue weighted by atomic mass is 10.1. The molecule has 1 atom stereocenters. The summed E-state index contributed by atoms with van der Waals surface area (Å²) in [5, 5.41) is 6.65. The van der Waals surface area contributed by atoms with Crippen LogP contribution in [0.15, 0.2) is 60.7 Å². The third-order valence-corrected chi connectivity index (χ3v) is 4.05. The highest BCUT2D eigenvalue weighted by Gasteiger charge is 2.14. The molecule has 5 nitrogen and oxygen atoms in total. The Balaban J connectivity index is 1.77. The molecule has 2 N–H and O–H groups in total. The van der Waals surface area contributed by atoms with Gasteiger partial charge >= 0.3 is 0 Å². The van der Waals surface area contributed by atoms with Gasteiger partial charge in [0.15, 0.2) is 0 Å². The number of aromatic nitrogens is 2. The third kappa shape index (κ3) is 4.58. The predicted molar refractivity (Wildman–Crippen MR) is 104 cm³/mol. The van der Waals surface area contributed by atoms with Gasteiger partial charge in [0.1, 0.15) is 5.69 Å². The van der Waals surface area contributed by atoms with Crippen LogP contribution in [0.5, 0.6) is 0 Å². The molecule has 6 heteroatoms. The number of anilines is 2. The molecule has 0 saturated carbocycles. The molecule has 2 aromatic carbocycles. The number of rotatable bonds is 5. The second kappa shape index (κ2) is 7.97. The van der Waals surface area contributed by atoms with Crippen LogP contribution in [0.4, 0.5) is 11.6 Å². The standard InChI is InChI=1S/C20H19ClN4O/c1-13-11-18(19(26)23-14(2)15-7-4-3-5-8-15)25-20(22-13)24-17-10-6-9-16(21)12-17/h3-12,14H,1-2H3,(H,23,26)(H,22,24,25). The van der Waals surface area contributed by atoms with E-state index in [1.807, 2.05) is 56.3 Å². The molecule has 0 saturated heterocycles. The smallest absolute Gasteiger partial charge is 0.270 e. The molecule has 0 spiro atoms. The van der Waals surface area contributed by atoms with Crippen molar-refractivity contribution in [2.24, 2.45) is 0 Å². The molecule has 1 aromatic heterocycles. The summed E-state index contributed by atoms with van der Waals surface area (Å²) in [5.41, 5.74) is 2.79. The van der Waals surface area contributed by atoms with Crippen LogP contribution in [-0.2, 0) is 0 Å². The number of nitrogens with zero attached hydrogens (tertiary/aromatic N) is 2. The first-order valence-corrected chi connectivity index (χ1v) is 8.63. The summed E-state index contributed by atoms with van der Waals surface area (Å²) in [7, 11) is 0. The summed E-state index contributed by atoms with van der Waals surface area (Å²) in [6, 6.07) is 18.6. The average molecular weight is 367 g/mol. The average Bonchev–Trinajstić information content (AvgIpc) is 2.62. The Morgan fingerprint density at radius 2 is 1.81 bits per heavy atom. The van der Waals surface area contributed by atoms with Gasteiger partial charge in [-0.2, -0.15) is 0 Å². The molecule has 26 heavy (non-hydrogen) atoms. The lowest BCUT2D eigenvalue weighted by Gasteiger charge is -2.14. The fourth-order valence-electron chi connectivity index (χ4n) is 2.53. The first-order chi connectivity index (χ1) is 12.5. The number of carbonyl (C=O) groups excluding carboxylic acids is 1. The number of benzene rings is 2. The van der Waals surface area contributed by atoms with Crippen LogP contribution in [0, 0.1) is 6.92 Å². The number of hydrogen-bond acceptors (Lipinski definition) is 4. The van der Waals surface area contributed by atoms with Crippen LogP contribution < -0.4 is 10.6 Å². The minimum Gasteiger partial charge on any atom is -0.344 e. The van der Waals surface area contributed by atoms with Crippen molar-refractivity contribution in [1.82, 2.24) is 15.3 Å². The Hall–Kier alpha value is -2.92. The van der Waals surface area contributed by atoms with Crippen LogP contribution >= 0.6 is 11.6 Å².